The average molecular weight is 276 g/mol. The number of rotatable bonds is 2. The fraction of sp³-hybridized carbons (Fsp3) is 0.500. The molecule has 1 aromatic rings. The third kappa shape index (κ3) is 2.94. The molecule has 2 unspecified atom stereocenters. The molecule has 0 aromatic heterocycles. The molecule has 5 heteroatoms. The number of hydrogen-bond donors (Lipinski definition) is 1. The summed E-state index contributed by atoms with van der Waals surface area (Å²) in [4.78, 5) is 2.10. The van der Waals surface area contributed by atoms with E-state index >= 15 is 0 Å². The Morgan fingerprint density at radius 3 is 3.06 bits per heavy atom. The van der Waals surface area contributed by atoms with Crippen molar-refractivity contribution in [2.45, 2.75) is 12.1 Å². The van der Waals surface area contributed by atoms with Gasteiger partial charge in [0.2, 0.25) is 0 Å². The largest absolute Gasteiger partial charge is 0.387 e. The predicted molar refractivity (Wildman–Crippen MR) is 70.1 cm³/mol. The van der Waals surface area contributed by atoms with Crippen LogP contribution in [0.1, 0.15) is 11.7 Å². The van der Waals surface area contributed by atoms with Crippen LogP contribution in [-0.2, 0) is 0 Å². The Morgan fingerprint density at radius 2 is 2.35 bits per heavy atom. The minimum atomic E-state index is -0.740. The Hall–Kier alpha value is -0.290. The van der Waals surface area contributed by atoms with Crippen LogP contribution in [0.2, 0.25) is 5.02 Å². The molecule has 1 aliphatic heterocycles. The third-order valence-electron chi connectivity index (χ3n) is 3.08. The van der Waals surface area contributed by atoms with E-state index < -0.39 is 6.10 Å². The molecule has 17 heavy (non-hydrogen) atoms. The van der Waals surface area contributed by atoms with Crippen molar-refractivity contribution in [3.63, 3.8) is 0 Å². The van der Waals surface area contributed by atoms with Gasteiger partial charge in [-0.3, -0.25) is 4.90 Å². The first-order chi connectivity index (χ1) is 8.09. The molecule has 1 fully saturated rings. The van der Waals surface area contributed by atoms with E-state index in [9.17, 15) is 9.50 Å². The molecule has 0 amide bonds. The molecule has 0 radical (unpaired) electrons. The van der Waals surface area contributed by atoms with Gasteiger partial charge in [0, 0.05) is 34.7 Å². The standard InChI is InChI=1S/C12H15ClFNOS/c1-15-4-5-17-7-11(15)12(16)9-6-8(14)2-3-10(9)13/h2-3,6,11-12,16H,4-5,7H2,1H3. The molecule has 94 valence electrons. The molecule has 0 bridgehead atoms. The second-order valence-electron chi connectivity index (χ2n) is 4.23. The Bertz CT molecular complexity index is 404. The first-order valence-electron chi connectivity index (χ1n) is 5.50. The molecule has 1 N–H and O–H groups in total. The molecule has 0 spiro atoms. The number of thioether (sulfide) groups is 1. The van der Waals surface area contributed by atoms with Gasteiger partial charge in [-0.05, 0) is 25.2 Å². The van der Waals surface area contributed by atoms with Crippen LogP contribution < -0.4 is 0 Å². The van der Waals surface area contributed by atoms with Crippen molar-refractivity contribution in [3.05, 3.63) is 34.6 Å². The highest BCUT2D eigenvalue weighted by molar-refractivity contribution is 7.99. The van der Waals surface area contributed by atoms with Gasteiger partial charge in [0.1, 0.15) is 5.82 Å². The summed E-state index contributed by atoms with van der Waals surface area (Å²) in [6, 6.07) is 4.11. The van der Waals surface area contributed by atoms with E-state index in [2.05, 4.69) is 4.90 Å². The lowest BCUT2D eigenvalue weighted by Gasteiger charge is -2.35. The molecule has 2 rings (SSSR count). The summed E-state index contributed by atoms with van der Waals surface area (Å²) in [5, 5.41) is 10.7. The van der Waals surface area contributed by atoms with E-state index in [0.29, 0.717) is 10.6 Å². The topological polar surface area (TPSA) is 23.5 Å². The van der Waals surface area contributed by atoms with Crippen molar-refractivity contribution in [1.82, 2.24) is 4.90 Å². The van der Waals surface area contributed by atoms with Gasteiger partial charge in [-0.2, -0.15) is 11.8 Å². The molecule has 1 aromatic carbocycles. The van der Waals surface area contributed by atoms with Crippen LogP contribution in [0.25, 0.3) is 0 Å². The van der Waals surface area contributed by atoms with Crippen molar-refractivity contribution < 1.29 is 9.50 Å². The van der Waals surface area contributed by atoms with Crippen LogP contribution in [-0.4, -0.2) is 41.1 Å². The minimum absolute atomic E-state index is 0.00644. The summed E-state index contributed by atoms with van der Waals surface area (Å²) in [6.45, 7) is 0.930. The fourth-order valence-electron chi connectivity index (χ4n) is 1.99. The van der Waals surface area contributed by atoms with Gasteiger partial charge in [-0.15, -0.1) is 0 Å². The van der Waals surface area contributed by atoms with Gasteiger partial charge < -0.3 is 5.11 Å². The predicted octanol–water partition coefficient (Wildman–Crippen LogP) is 2.56. The molecule has 2 nitrogen and oxygen atoms in total. The van der Waals surface area contributed by atoms with E-state index in [1.165, 1.54) is 18.2 Å². The Morgan fingerprint density at radius 1 is 1.59 bits per heavy atom. The molecule has 1 aliphatic rings. The fourth-order valence-corrected chi connectivity index (χ4v) is 3.48. The van der Waals surface area contributed by atoms with E-state index in [4.69, 9.17) is 11.6 Å². The highest BCUT2D eigenvalue weighted by atomic mass is 35.5. The second kappa shape index (κ2) is 5.57. The normalized spacial score (nSPS) is 23.6. The second-order valence-corrected chi connectivity index (χ2v) is 5.79. The molecule has 0 saturated carbocycles. The lowest BCUT2D eigenvalue weighted by atomic mass is 10.0. The number of aliphatic hydroxyl groups is 1. The SMILES string of the molecule is CN1CCSCC1C(O)c1cc(F)ccc1Cl. The Balaban J connectivity index is 2.23. The zero-order valence-corrected chi connectivity index (χ0v) is 11.1. The number of nitrogens with zero attached hydrogens (tertiary/aromatic N) is 1. The molecular weight excluding hydrogens is 261 g/mol. The molecule has 2 atom stereocenters. The van der Waals surface area contributed by atoms with Crippen LogP contribution in [0.3, 0.4) is 0 Å². The smallest absolute Gasteiger partial charge is 0.123 e. The summed E-state index contributed by atoms with van der Waals surface area (Å²) in [7, 11) is 1.97. The zero-order valence-electron chi connectivity index (χ0n) is 9.57. The van der Waals surface area contributed by atoms with Gasteiger partial charge in [-0.25, -0.2) is 4.39 Å². The summed E-state index contributed by atoms with van der Waals surface area (Å²) < 4.78 is 13.2. The monoisotopic (exact) mass is 275 g/mol. The quantitative estimate of drug-likeness (QED) is 0.897. The lowest BCUT2D eigenvalue weighted by Crippen LogP contribution is -2.43. The van der Waals surface area contributed by atoms with E-state index in [0.717, 1.165) is 18.1 Å². The van der Waals surface area contributed by atoms with E-state index in [1.807, 2.05) is 7.05 Å². The lowest BCUT2D eigenvalue weighted by molar-refractivity contribution is 0.0757. The number of benzene rings is 1. The van der Waals surface area contributed by atoms with Crippen molar-refractivity contribution in [3.8, 4) is 0 Å². The summed E-state index contributed by atoms with van der Waals surface area (Å²) in [6.07, 6.45) is -0.740. The van der Waals surface area contributed by atoms with Crippen molar-refractivity contribution in [2.75, 3.05) is 25.1 Å². The first kappa shape index (κ1) is 13.1. The van der Waals surface area contributed by atoms with Gasteiger partial charge in [0.05, 0.1) is 6.10 Å². The van der Waals surface area contributed by atoms with Crippen LogP contribution in [0.4, 0.5) is 4.39 Å². The zero-order chi connectivity index (χ0) is 12.4. The van der Waals surface area contributed by atoms with Gasteiger partial charge in [0.15, 0.2) is 0 Å². The van der Waals surface area contributed by atoms with Gasteiger partial charge in [-0.1, -0.05) is 11.6 Å². The molecule has 0 aliphatic carbocycles. The van der Waals surface area contributed by atoms with E-state index in [-0.39, 0.29) is 11.9 Å². The van der Waals surface area contributed by atoms with E-state index in [1.54, 1.807) is 11.8 Å². The maximum absolute atomic E-state index is 13.2. The summed E-state index contributed by atoms with van der Waals surface area (Å²) in [5.74, 6) is 1.54. The van der Waals surface area contributed by atoms with Crippen molar-refractivity contribution in [2.24, 2.45) is 0 Å². The van der Waals surface area contributed by atoms with Gasteiger partial charge in [0.25, 0.3) is 0 Å². The number of halogens is 2. The highest BCUT2D eigenvalue weighted by Crippen LogP contribution is 2.31. The number of hydrogen-bond acceptors (Lipinski definition) is 3. The van der Waals surface area contributed by atoms with Crippen LogP contribution in [0, 0.1) is 5.82 Å². The van der Waals surface area contributed by atoms with Crippen LogP contribution >= 0.6 is 23.4 Å². The molecule has 1 heterocycles. The average Bonchev–Trinajstić information content (AvgIpc) is 2.32. The van der Waals surface area contributed by atoms with Crippen LogP contribution in [0.15, 0.2) is 18.2 Å². The molecule has 1 saturated heterocycles. The maximum atomic E-state index is 13.2. The van der Waals surface area contributed by atoms with Gasteiger partial charge >= 0.3 is 0 Å². The highest BCUT2D eigenvalue weighted by Gasteiger charge is 2.29. The Kier molecular flexibility index (Phi) is 4.31. The maximum Gasteiger partial charge on any atom is 0.123 e. The third-order valence-corrected chi connectivity index (χ3v) is 4.48. The minimum Gasteiger partial charge on any atom is -0.387 e. The van der Waals surface area contributed by atoms with Crippen molar-refractivity contribution >= 4 is 23.4 Å². The Labute approximate surface area is 110 Å². The number of aliphatic hydroxyl groups excluding tert-OH is 1. The summed E-state index contributed by atoms with van der Waals surface area (Å²) in [5.41, 5.74) is 0.478. The first-order valence-corrected chi connectivity index (χ1v) is 7.04. The molecular formula is C12H15ClFNOS. The van der Waals surface area contributed by atoms with Crippen LogP contribution in [0.5, 0.6) is 0 Å². The number of likely N-dealkylation sites (N-methyl/N-ethyl adjacent to an activating group) is 1. The summed E-state index contributed by atoms with van der Waals surface area (Å²) >= 11 is 7.81. The van der Waals surface area contributed by atoms with Crippen molar-refractivity contribution in [1.29, 1.82) is 0 Å².